The Morgan fingerprint density at radius 3 is 2.33 bits per heavy atom. The summed E-state index contributed by atoms with van der Waals surface area (Å²) in [5.41, 5.74) is 2.02. The molecule has 3 heteroatoms. The smallest absolute Gasteiger partial charge is 0.123 e. The molecule has 2 rings (SSSR count). The van der Waals surface area contributed by atoms with Crippen LogP contribution in [-0.2, 0) is 11.3 Å². The predicted molar refractivity (Wildman–Crippen MR) is 97.2 cm³/mol. The molecular weight excluding hydrogens is 301 g/mol. The third-order valence-corrected chi connectivity index (χ3v) is 3.79. The van der Waals surface area contributed by atoms with E-state index in [1.807, 2.05) is 36.4 Å². The molecule has 24 heavy (non-hydrogen) atoms. The summed E-state index contributed by atoms with van der Waals surface area (Å²) in [4.78, 5) is 2.25. The lowest BCUT2D eigenvalue weighted by Crippen LogP contribution is -2.32. The lowest BCUT2D eigenvalue weighted by Gasteiger charge is -2.30. The maximum atomic E-state index is 13.3. The molecule has 0 heterocycles. The number of ether oxygens (including phenoxy) is 1. The Hall–Kier alpha value is -2.23. The molecule has 0 fully saturated rings. The summed E-state index contributed by atoms with van der Waals surface area (Å²) in [6, 6.07) is 16.8. The molecule has 0 spiro atoms. The van der Waals surface area contributed by atoms with E-state index in [0.717, 1.165) is 18.7 Å². The van der Waals surface area contributed by atoms with Crippen molar-refractivity contribution in [2.24, 2.45) is 0 Å². The van der Waals surface area contributed by atoms with Gasteiger partial charge in [0.05, 0.1) is 19.3 Å². The van der Waals surface area contributed by atoms with Crippen LogP contribution in [0.25, 0.3) is 0 Å². The van der Waals surface area contributed by atoms with E-state index < -0.39 is 0 Å². The molecule has 0 aliphatic rings. The van der Waals surface area contributed by atoms with E-state index in [2.05, 4.69) is 30.2 Å². The summed E-state index contributed by atoms with van der Waals surface area (Å²) < 4.78 is 19.1. The quantitative estimate of drug-likeness (QED) is 0.584. The first kappa shape index (κ1) is 18.1. The summed E-state index contributed by atoms with van der Waals surface area (Å²) in [5.74, 6) is -0.240. The lowest BCUT2D eigenvalue weighted by atomic mass is 10.1. The highest BCUT2D eigenvalue weighted by atomic mass is 19.1. The Balaban J connectivity index is 2.07. The molecule has 0 unspecified atom stereocenters. The van der Waals surface area contributed by atoms with Gasteiger partial charge in [0.2, 0.25) is 0 Å². The molecular formula is C21H24FNO. The molecule has 0 amide bonds. The zero-order valence-corrected chi connectivity index (χ0v) is 13.9. The molecule has 0 bridgehead atoms. The molecule has 2 aromatic rings. The fraction of sp³-hybridized carbons (Fsp3) is 0.238. The minimum Gasteiger partial charge on any atom is -0.375 e. The Bertz CT molecular complexity index is 631. The molecule has 0 aromatic heterocycles. The third kappa shape index (κ3) is 5.44. The SMILES string of the molecule is C=CCN(CC=C)[C@@H](COCc1cccc(F)c1)c1ccccc1. The zero-order valence-electron chi connectivity index (χ0n) is 13.9. The second kappa shape index (κ2) is 9.81. The van der Waals surface area contributed by atoms with Gasteiger partial charge in [0.1, 0.15) is 5.82 Å². The Labute approximate surface area is 143 Å². The Kier molecular flexibility index (Phi) is 7.40. The summed E-state index contributed by atoms with van der Waals surface area (Å²) in [5, 5.41) is 0. The molecule has 0 radical (unpaired) electrons. The molecule has 2 aromatic carbocycles. The number of hydrogen-bond acceptors (Lipinski definition) is 2. The minimum absolute atomic E-state index is 0.0933. The molecule has 126 valence electrons. The van der Waals surface area contributed by atoms with E-state index in [9.17, 15) is 4.39 Å². The van der Waals surface area contributed by atoms with E-state index in [1.54, 1.807) is 6.07 Å². The van der Waals surface area contributed by atoms with Gasteiger partial charge >= 0.3 is 0 Å². The molecule has 1 atom stereocenters. The van der Waals surface area contributed by atoms with Crippen molar-refractivity contribution in [1.82, 2.24) is 4.90 Å². The fourth-order valence-electron chi connectivity index (χ4n) is 2.66. The Morgan fingerprint density at radius 2 is 1.71 bits per heavy atom. The first-order valence-corrected chi connectivity index (χ1v) is 8.07. The van der Waals surface area contributed by atoms with Crippen LogP contribution < -0.4 is 0 Å². The van der Waals surface area contributed by atoms with Crippen molar-refractivity contribution < 1.29 is 9.13 Å². The Morgan fingerprint density at radius 1 is 1.00 bits per heavy atom. The second-order valence-electron chi connectivity index (χ2n) is 5.60. The van der Waals surface area contributed by atoms with Crippen molar-refractivity contribution in [2.75, 3.05) is 19.7 Å². The van der Waals surface area contributed by atoms with Crippen LogP contribution in [0, 0.1) is 5.82 Å². The van der Waals surface area contributed by atoms with Crippen LogP contribution in [0.3, 0.4) is 0 Å². The fourth-order valence-corrected chi connectivity index (χ4v) is 2.66. The average molecular weight is 325 g/mol. The van der Waals surface area contributed by atoms with Crippen LogP contribution >= 0.6 is 0 Å². The van der Waals surface area contributed by atoms with Gasteiger partial charge in [0.25, 0.3) is 0 Å². The van der Waals surface area contributed by atoms with E-state index in [1.165, 1.54) is 17.7 Å². The first-order valence-electron chi connectivity index (χ1n) is 8.07. The van der Waals surface area contributed by atoms with Crippen molar-refractivity contribution in [3.05, 3.63) is 96.9 Å². The van der Waals surface area contributed by atoms with Gasteiger partial charge in [-0.05, 0) is 23.3 Å². The van der Waals surface area contributed by atoms with E-state index in [4.69, 9.17) is 4.74 Å². The van der Waals surface area contributed by atoms with Gasteiger partial charge in [-0.25, -0.2) is 4.39 Å². The monoisotopic (exact) mass is 325 g/mol. The first-order chi connectivity index (χ1) is 11.7. The van der Waals surface area contributed by atoms with Gasteiger partial charge in [0.15, 0.2) is 0 Å². The van der Waals surface area contributed by atoms with Crippen molar-refractivity contribution >= 4 is 0 Å². The van der Waals surface area contributed by atoms with Crippen LogP contribution in [-0.4, -0.2) is 24.6 Å². The number of nitrogens with zero attached hydrogens (tertiary/aromatic N) is 1. The van der Waals surface area contributed by atoms with Gasteiger partial charge in [-0.1, -0.05) is 54.6 Å². The normalized spacial score (nSPS) is 12.1. The van der Waals surface area contributed by atoms with E-state index >= 15 is 0 Å². The van der Waals surface area contributed by atoms with Gasteiger partial charge in [0, 0.05) is 13.1 Å². The summed E-state index contributed by atoms with van der Waals surface area (Å²) >= 11 is 0. The molecule has 2 nitrogen and oxygen atoms in total. The molecule has 0 saturated heterocycles. The molecule has 0 N–H and O–H groups in total. The van der Waals surface area contributed by atoms with E-state index in [-0.39, 0.29) is 11.9 Å². The van der Waals surface area contributed by atoms with Gasteiger partial charge in [-0.15, -0.1) is 13.2 Å². The van der Waals surface area contributed by atoms with Crippen molar-refractivity contribution in [1.29, 1.82) is 0 Å². The topological polar surface area (TPSA) is 12.5 Å². The summed E-state index contributed by atoms with van der Waals surface area (Å²) in [6.07, 6.45) is 3.76. The number of benzene rings is 2. The molecule has 0 aliphatic heterocycles. The highest BCUT2D eigenvalue weighted by Crippen LogP contribution is 2.21. The van der Waals surface area contributed by atoms with E-state index in [0.29, 0.717) is 13.2 Å². The predicted octanol–water partition coefficient (Wildman–Crippen LogP) is 4.76. The van der Waals surface area contributed by atoms with Crippen LogP contribution in [0.1, 0.15) is 17.2 Å². The van der Waals surface area contributed by atoms with Crippen molar-refractivity contribution in [3.63, 3.8) is 0 Å². The lowest BCUT2D eigenvalue weighted by molar-refractivity contribution is 0.0583. The zero-order chi connectivity index (χ0) is 17.2. The summed E-state index contributed by atoms with van der Waals surface area (Å²) in [7, 11) is 0. The van der Waals surface area contributed by atoms with Crippen LogP contribution in [0.4, 0.5) is 4.39 Å². The van der Waals surface area contributed by atoms with Gasteiger partial charge in [-0.2, -0.15) is 0 Å². The van der Waals surface area contributed by atoms with Crippen molar-refractivity contribution in [3.8, 4) is 0 Å². The number of hydrogen-bond donors (Lipinski definition) is 0. The summed E-state index contributed by atoms with van der Waals surface area (Å²) in [6.45, 7) is 10.1. The third-order valence-electron chi connectivity index (χ3n) is 3.79. The minimum atomic E-state index is -0.240. The maximum Gasteiger partial charge on any atom is 0.123 e. The molecule has 0 aliphatic carbocycles. The van der Waals surface area contributed by atoms with Crippen molar-refractivity contribution in [2.45, 2.75) is 12.6 Å². The van der Waals surface area contributed by atoms with Crippen LogP contribution in [0.15, 0.2) is 79.9 Å². The standard InChI is InChI=1S/C21H24FNO/c1-3-13-23(14-4-2)21(19-10-6-5-7-11-19)17-24-16-18-9-8-12-20(22)15-18/h3-12,15,21H,1-2,13-14,16-17H2/t21-/m0/s1. The van der Waals surface area contributed by atoms with Gasteiger partial charge < -0.3 is 4.74 Å². The largest absolute Gasteiger partial charge is 0.375 e. The highest BCUT2D eigenvalue weighted by molar-refractivity contribution is 5.20. The van der Waals surface area contributed by atoms with Crippen LogP contribution in [0.2, 0.25) is 0 Å². The highest BCUT2D eigenvalue weighted by Gasteiger charge is 2.18. The average Bonchev–Trinajstić information content (AvgIpc) is 2.60. The number of halogens is 1. The second-order valence-corrected chi connectivity index (χ2v) is 5.60. The van der Waals surface area contributed by atoms with Gasteiger partial charge in [-0.3, -0.25) is 4.90 Å². The molecule has 0 saturated carbocycles. The number of rotatable bonds is 10. The van der Waals surface area contributed by atoms with Crippen LogP contribution in [0.5, 0.6) is 0 Å². The maximum absolute atomic E-state index is 13.3.